The van der Waals surface area contributed by atoms with Gasteiger partial charge < -0.3 is 15.8 Å². The Labute approximate surface area is 189 Å². The van der Waals surface area contributed by atoms with E-state index in [0.29, 0.717) is 11.3 Å². The number of amides is 1. The summed E-state index contributed by atoms with van der Waals surface area (Å²) in [7, 11) is 0. The standard InChI is InChI=1S/C23H17F6N3O2/c24-22(25,26)15-11-9-14(10-12-15)13-31-18-7-3-1-5-16(18)20(30)32-21(33)17-6-2-4-8-19(17)34-23(27,28)29/h1-12,31H,13H2,(H2,30,32,33). The molecule has 5 nitrogen and oxygen atoms in total. The smallest absolute Gasteiger partial charge is 0.405 e. The van der Waals surface area contributed by atoms with Crippen LogP contribution in [0.4, 0.5) is 32.0 Å². The lowest BCUT2D eigenvalue weighted by Gasteiger charge is -2.13. The molecular formula is C23H17F6N3O2. The third-order valence-corrected chi connectivity index (χ3v) is 4.53. The monoisotopic (exact) mass is 481 g/mol. The number of halogens is 6. The van der Waals surface area contributed by atoms with Crippen molar-refractivity contribution in [2.75, 3.05) is 5.32 Å². The molecule has 0 saturated heterocycles. The van der Waals surface area contributed by atoms with Crippen LogP contribution in [0.3, 0.4) is 0 Å². The van der Waals surface area contributed by atoms with E-state index in [-0.39, 0.29) is 17.9 Å². The molecule has 0 radical (unpaired) electrons. The zero-order valence-electron chi connectivity index (χ0n) is 17.2. The second-order valence-corrected chi connectivity index (χ2v) is 6.94. The second kappa shape index (κ2) is 9.86. The molecule has 0 spiro atoms. The number of anilines is 1. The quantitative estimate of drug-likeness (QED) is 0.267. The Kier molecular flexibility index (Phi) is 7.14. The summed E-state index contributed by atoms with van der Waals surface area (Å²) in [5.74, 6) is -2.04. The van der Waals surface area contributed by atoms with E-state index < -0.39 is 35.3 Å². The minimum Gasteiger partial charge on any atom is -0.405 e. The van der Waals surface area contributed by atoms with E-state index in [4.69, 9.17) is 5.73 Å². The highest BCUT2D eigenvalue weighted by Crippen LogP contribution is 2.29. The number of ether oxygens (including phenoxy) is 1. The van der Waals surface area contributed by atoms with E-state index in [9.17, 15) is 31.1 Å². The van der Waals surface area contributed by atoms with E-state index >= 15 is 0 Å². The number of benzene rings is 3. The van der Waals surface area contributed by atoms with Crippen molar-refractivity contribution in [2.45, 2.75) is 19.1 Å². The minimum atomic E-state index is -5.00. The highest BCUT2D eigenvalue weighted by molar-refractivity contribution is 6.11. The van der Waals surface area contributed by atoms with Gasteiger partial charge in [-0.15, -0.1) is 13.2 Å². The molecule has 1 amide bonds. The van der Waals surface area contributed by atoms with Crippen LogP contribution in [0.2, 0.25) is 0 Å². The fourth-order valence-electron chi connectivity index (χ4n) is 2.96. The molecule has 0 saturated carbocycles. The number of rotatable bonds is 6. The maximum atomic E-state index is 12.7. The van der Waals surface area contributed by atoms with Gasteiger partial charge in [-0.2, -0.15) is 18.2 Å². The zero-order chi connectivity index (χ0) is 24.9. The molecule has 11 heteroatoms. The van der Waals surface area contributed by atoms with Crippen LogP contribution in [0.5, 0.6) is 5.75 Å². The lowest BCUT2D eigenvalue weighted by Crippen LogP contribution is -2.20. The van der Waals surface area contributed by atoms with Crippen molar-refractivity contribution in [2.24, 2.45) is 10.7 Å². The first-order valence-electron chi connectivity index (χ1n) is 9.67. The lowest BCUT2D eigenvalue weighted by molar-refractivity contribution is -0.274. The molecular weight excluding hydrogens is 464 g/mol. The molecule has 3 N–H and O–H groups in total. The van der Waals surface area contributed by atoms with Crippen molar-refractivity contribution in [1.29, 1.82) is 0 Å². The van der Waals surface area contributed by atoms with Crippen molar-refractivity contribution in [1.82, 2.24) is 0 Å². The van der Waals surface area contributed by atoms with Crippen LogP contribution in [-0.2, 0) is 12.7 Å². The summed E-state index contributed by atoms with van der Waals surface area (Å²) in [6, 6.07) is 15.6. The van der Waals surface area contributed by atoms with E-state index in [2.05, 4.69) is 15.0 Å². The first-order chi connectivity index (χ1) is 15.9. The highest BCUT2D eigenvalue weighted by atomic mass is 19.4. The van der Waals surface area contributed by atoms with E-state index in [0.717, 1.165) is 24.3 Å². The van der Waals surface area contributed by atoms with Gasteiger partial charge in [-0.25, -0.2) is 0 Å². The summed E-state index contributed by atoms with van der Waals surface area (Å²) >= 11 is 0. The maximum absolute atomic E-state index is 12.7. The molecule has 0 aliphatic carbocycles. The van der Waals surface area contributed by atoms with Gasteiger partial charge in [0.2, 0.25) is 0 Å². The van der Waals surface area contributed by atoms with Gasteiger partial charge >= 0.3 is 12.5 Å². The molecule has 0 fully saturated rings. The molecule has 0 aliphatic heterocycles. The molecule has 3 aromatic carbocycles. The maximum Gasteiger partial charge on any atom is 0.573 e. The van der Waals surface area contributed by atoms with Gasteiger partial charge in [-0.1, -0.05) is 36.4 Å². The van der Waals surface area contributed by atoms with Crippen LogP contribution in [-0.4, -0.2) is 18.1 Å². The zero-order valence-corrected chi connectivity index (χ0v) is 17.2. The molecule has 3 aromatic rings. The van der Waals surface area contributed by atoms with E-state index in [1.165, 1.54) is 30.3 Å². The normalized spacial score (nSPS) is 12.4. The Morgan fingerprint density at radius 3 is 2.06 bits per heavy atom. The van der Waals surface area contributed by atoms with Crippen LogP contribution in [0, 0.1) is 0 Å². The summed E-state index contributed by atoms with van der Waals surface area (Å²) in [4.78, 5) is 16.2. The molecule has 0 aliphatic rings. The highest BCUT2D eigenvalue weighted by Gasteiger charge is 2.33. The molecule has 0 heterocycles. The third kappa shape index (κ3) is 6.50. The lowest BCUT2D eigenvalue weighted by atomic mass is 10.1. The summed E-state index contributed by atoms with van der Waals surface area (Å²) in [6.45, 7) is 0.138. The number of nitrogens with zero attached hydrogens (tertiary/aromatic N) is 1. The Morgan fingerprint density at radius 2 is 1.44 bits per heavy atom. The molecule has 0 atom stereocenters. The number of nitrogens with one attached hydrogen (secondary N) is 1. The molecule has 34 heavy (non-hydrogen) atoms. The van der Waals surface area contributed by atoms with E-state index in [1.54, 1.807) is 18.2 Å². The van der Waals surface area contributed by atoms with Crippen molar-refractivity contribution in [3.63, 3.8) is 0 Å². The number of hydrogen-bond acceptors (Lipinski definition) is 3. The van der Waals surface area contributed by atoms with Gasteiger partial charge in [0.1, 0.15) is 11.6 Å². The number of hydrogen-bond donors (Lipinski definition) is 2. The average molecular weight is 481 g/mol. The predicted octanol–water partition coefficient (Wildman–Crippen LogP) is 5.76. The van der Waals surface area contributed by atoms with Gasteiger partial charge in [0.05, 0.1) is 11.1 Å². The van der Waals surface area contributed by atoms with E-state index in [1.807, 2.05) is 0 Å². The second-order valence-electron chi connectivity index (χ2n) is 6.94. The van der Waals surface area contributed by atoms with Crippen molar-refractivity contribution < 1.29 is 35.9 Å². The van der Waals surface area contributed by atoms with Gasteiger partial charge in [-0.05, 0) is 42.0 Å². The average Bonchev–Trinajstić information content (AvgIpc) is 2.76. The Hall–Kier alpha value is -4.02. The summed E-state index contributed by atoms with van der Waals surface area (Å²) in [5, 5.41) is 3.00. The largest absolute Gasteiger partial charge is 0.573 e. The number of carbonyl (C=O) groups excluding carboxylic acids is 1. The number of aliphatic imine (C=N–C) groups is 1. The Balaban J connectivity index is 1.79. The van der Waals surface area contributed by atoms with Crippen molar-refractivity contribution in [3.8, 4) is 5.75 Å². The fraction of sp³-hybridized carbons (Fsp3) is 0.130. The van der Waals surface area contributed by atoms with Crippen LogP contribution < -0.4 is 15.8 Å². The Morgan fingerprint density at radius 1 is 0.853 bits per heavy atom. The minimum absolute atomic E-state index is 0.138. The van der Waals surface area contributed by atoms with Gasteiger partial charge in [0.25, 0.3) is 5.91 Å². The number of nitrogens with two attached hydrogens (primary N) is 1. The number of para-hydroxylation sites is 2. The van der Waals surface area contributed by atoms with Crippen LogP contribution in [0.25, 0.3) is 0 Å². The fourth-order valence-corrected chi connectivity index (χ4v) is 2.96. The number of amidine groups is 1. The predicted molar refractivity (Wildman–Crippen MR) is 113 cm³/mol. The van der Waals surface area contributed by atoms with Crippen LogP contribution in [0.1, 0.15) is 27.0 Å². The third-order valence-electron chi connectivity index (χ3n) is 4.53. The number of alkyl halides is 6. The molecule has 3 rings (SSSR count). The van der Waals surface area contributed by atoms with Gasteiger partial charge in [-0.3, -0.25) is 4.79 Å². The topological polar surface area (TPSA) is 76.7 Å². The summed E-state index contributed by atoms with van der Waals surface area (Å²) in [5.41, 5.74) is 5.98. The molecule has 0 aromatic heterocycles. The van der Waals surface area contributed by atoms with Crippen LogP contribution in [0.15, 0.2) is 77.8 Å². The van der Waals surface area contributed by atoms with Crippen molar-refractivity contribution >= 4 is 17.4 Å². The van der Waals surface area contributed by atoms with Crippen molar-refractivity contribution in [3.05, 3.63) is 95.1 Å². The first-order valence-corrected chi connectivity index (χ1v) is 9.67. The van der Waals surface area contributed by atoms with Gasteiger partial charge in [0.15, 0.2) is 0 Å². The summed E-state index contributed by atoms with van der Waals surface area (Å²) in [6.07, 6.45) is -9.44. The van der Waals surface area contributed by atoms with Crippen LogP contribution >= 0.6 is 0 Å². The molecule has 178 valence electrons. The molecule has 0 bridgehead atoms. The summed E-state index contributed by atoms with van der Waals surface area (Å²) < 4.78 is 79.8. The first kappa shape index (κ1) is 24.6. The SMILES string of the molecule is NC(=NC(=O)c1ccccc1OC(F)(F)F)c1ccccc1NCc1ccc(C(F)(F)F)cc1. The van der Waals surface area contributed by atoms with Gasteiger partial charge in [0, 0.05) is 17.8 Å². The molecule has 0 unspecified atom stereocenters. The Bertz CT molecular complexity index is 1190. The number of carbonyl (C=O) groups is 1.